The number of halogens is 1. The lowest BCUT2D eigenvalue weighted by Crippen LogP contribution is -2.43. The van der Waals surface area contributed by atoms with Crippen molar-refractivity contribution in [1.82, 2.24) is 19.6 Å². The molecule has 2 heterocycles. The van der Waals surface area contributed by atoms with E-state index in [1.54, 1.807) is 12.1 Å². The molecule has 4 rings (SSSR count). The minimum absolute atomic E-state index is 0.181. The van der Waals surface area contributed by atoms with Gasteiger partial charge in [-0.1, -0.05) is 11.6 Å². The Balaban J connectivity index is 1.49. The minimum atomic E-state index is -0.639. The van der Waals surface area contributed by atoms with E-state index in [4.69, 9.17) is 11.6 Å². The van der Waals surface area contributed by atoms with Gasteiger partial charge in [-0.3, -0.25) is 14.3 Å². The van der Waals surface area contributed by atoms with Gasteiger partial charge in [0.05, 0.1) is 23.7 Å². The standard InChI is InChI=1S/C20H20ClN5O3/c1-24(10-18(28)25-8-12(11-27)4-16(25)7-22)20(29)13-5-14-9-26(15-2-3-15)23-19(14)17(21)6-13/h5-6,9,11-12,15-16H,2-4,8,10H2,1H3. The molecule has 0 bridgehead atoms. The highest BCUT2D eigenvalue weighted by molar-refractivity contribution is 6.35. The first-order chi connectivity index (χ1) is 13.9. The Morgan fingerprint density at radius 3 is 2.83 bits per heavy atom. The molecule has 9 heteroatoms. The third-order valence-corrected chi connectivity index (χ3v) is 5.75. The van der Waals surface area contributed by atoms with Crippen molar-refractivity contribution in [3.8, 4) is 6.07 Å². The van der Waals surface area contributed by atoms with Crippen LogP contribution >= 0.6 is 11.6 Å². The summed E-state index contributed by atoms with van der Waals surface area (Å²) >= 11 is 6.34. The number of carbonyl (C=O) groups is 3. The molecule has 29 heavy (non-hydrogen) atoms. The summed E-state index contributed by atoms with van der Waals surface area (Å²) in [7, 11) is 1.53. The van der Waals surface area contributed by atoms with Crippen molar-refractivity contribution in [2.45, 2.75) is 31.3 Å². The number of hydrogen-bond acceptors (Lipinski definition) is 5. The molecule has 8 nitrogen and oxygen atoms in total. The molecule has 1 aliphatic heterocycles. The highest BCUT2D eigenvalue weighted by Gasteiger charge is 2.35. The van der Waals surface area contributed by atoms with Gasteiger partial charge in [-0.2, -0.15) is 10.4 Å². The summed E-state index contributed by atoms with van der Waals surface area (Å²) in [6, 6.07) is 5.11. The molecule has 2 amide bonds. The maximum absolute atomic E-state index is 12.9. The Labute approximate surface area is 172 Å². The normalized spacial score (nSPS) is 21.2. The molecule has 1 saturated heterocycles. The van der Waals surface area contributed by atoms with Gasteiger partial charge in [0.2, 0.25) is 5.91 Å². The van der Waals surface area contributed by atoms with Gasteiger partial charge in [-0.25, -0.2) is 0 Å². The third-order valence-electron chi connectivity index (χ3n) is 5.46. The Morgan fingerprint density at radius 1 is 1.41 bits per heavy atom. The number of benzene rings is 1. The van der Waals surface area contributed by atoms with Crippen LogP contribution in [-0.4, -0.2) is 63.9 Å². The van der Waals surface area contributed by atoms with Crippen LogP contribution < -0.4 is 0 Å². The number of likely N-dealkylation sites (N-methyl/N-ethyl adjacent to an activating group) is 1. The van der Waals surface area contributed by atoms with E-state index < -0.39 is 6.04 Å². The van der Waals surface area contributed by atoms with Crippen LogP contribution in [-0.2, 0) is 9.59 Å². The number of amides is 2. The highest BCUT2D eigenvalue weighted by atomic mass is 35.5. The largest absolute Gasteiger partial charge is 0.332 e. The van der Waals surface area contributed by atoms with Gasteiger partial charge in [0.25, 0.3) is 5.91 Å². The maximum Gasteiger partial charge on any atom is 0.254 e. The zero-order valence-electron chi connectivity index (χ0n) is 15.9. The van der Waals surface area contributed by atoms with Crippen molar-refractivity contribution >= 4 is 40.6 Å². The molecule has 150 valence electrons. The first-order valence-corrected chi connectivity index (χ1v) is 9.87. The van der Waals surface area contributed by atoms with Crippen LogP contribution in [0.3, 0.4) is 0 Å². The zero-order chi connectivity index (χ0) is 20.7. The van der Waals surface area contributed by atoms with Gasteiger partial charge in [-0.15, -0.1) is 0 Å². The van der Waals surface area contributed by atoms with Crippen LogP contribution in [0.4, 0.5) is 0 Å². The SMILES string of the molecule is CN(CC(=O)N1CC(C=O)CC1C#N)C(=O)c1cc(Cl)c2nn(C3CC3)cc2c1. The summed E-state index contributed by atoms with van der Waals surface area (Å²) in [5.41, 5.74) is 1.03. The molecule has 2 aliphatic rings. The molecule has 0 radical (unpaired) electrons. The van der Waals surface area contributed by atoms with Crippen LogP contribution in [0, 0.1) is 17.2 Å². The second-order valence-corrected chi connectivity index (χ2v) is 8.13. The van der Waals surface area contributed by atoms with Crippen LogP contribution in [0.25, 0.3) is 10.9 Å². The van der Waals surface area contributed by atoms with Crippen LogP contribution in [0.1, 0.15) is 35.7 Å². The number of carbonyl (C=O) groups excluding carboxylic acids is 3. The molecule has 1 aliphatic carbocycles. The Kier molecular flexibility index (Phi) is 5.01. The van der Waals surface area contributed by atoms with Crippen molar-refractivity contribution in [3.63, 3.8) is 0 Å². The van der Waals surface area contributed by atoms with Gasteiger partial charge >= 0.3 is 0 Å². The van der Waals surface area contributed by atoms with Crippen molar-refractivity contribution in [2.75, 3.05) is 20.1 Å². The minimum Gasteiger partial charge on any atom is -0.332 e. The van der Waals surface area contributed by atoms with E-state index in [0.717, 1.165) is 24.5 Å². The number of rotatable bonds is 5. The van der Waals surface area contributed by atoms with E-state index in [1.165, 1.54) is 16.8 Å². The number of aromatic nitrogens is 2. The van der Waals surface area contributed by atoms with Crippen molar-refractivity contribution in [3.05, 3.63) is 28.9 Å². The summed E-state index contributed by atoms with van der Waals surface area (Å²) in [6.45, 7) is 0.0281. The molecule has 2 aromatic rings. The molecule has 2 unspecified atom stereocenters. The average molecular weight is 414 g/mol. The van der Waals surface area contributed by atoms with Crippen molar-refractivity contribution in [2.24, 2.45) is 5.92 Å². The van der Waals surface area contributed by atoms with Crippen molar-refractivity contribution in [1.29, 1.82) is 5.26 Å². The molecule has 0 spiro atoms. The molecule has 2 atom stereocenters. The Hall–Kier alpha value is -2.92. The van der Waals surface area contributed by atoms with Crippen molar-refractivity contribution < 1.29 is 14.4 Å². The first kappa shape index (κ1) is 19.4. The monoisotopic (exact) mass is 413 g/mol. The molecule has 1 aromatic heterocycles. The fourth-order valence-electron chi connectivity index (χ4n) is 3.71. The molecule has 1 aromatic carbocycles. The van der Waals surface area contributed by atoms with E-state index in [1.807, 2.05) is 10.9 Å². The second kappa shape index (κ2) is 7.48. The number of aldehydes is 1. The fraction of sp³-hybridized carbons (Fsp3) is 0.450. The van der Waals surface area contributed by atoms with E-state index in [0.29, 0.717) is 28.6 Å². The molecular weight excluding hydrogens is 394 g/mol. The highest BCUT2D eigenvalue weighted by Crippen LogP contribution is 2.36. The lowest BCUT2D eigenvalue weighted by atomic mass is 10.1. The van der Waals surface area contributed by atoms with Gasteiger partial charge in [0.15, 0.2) is 0 Å². The topological polar surface area (TPSA) is 99.3 Å². The molecular formula is C20H20ClN5O3. The predicted molar refractivity (Wildman–Crippen MR) is 105 cm³/mol. The molecule has 1 saturated carbocycles. The number of fused-ring (bicyclic) bond motifs is 1. The van der Waals surface area contributed by atoms with Gasteiger partial charge in [0.1, 0.15) is 17.8 Å². The number of nitrogens with zero attached hydrogens (tertiary/aromatic N) is 5. The number of hydrogen-bond donors (Lipinski definition) is 0. The molecule has 2 fully saturated rings. The summed E-state index contributed by atoms with van der Waals surface area (Å²) in [4.78, 5) is 39.2. The van der Waals surface area contributed by atoms with Crippen LogP contribution in [0.15, 0.2) is 18.3 Å². The maximum atomic E-state index is 12.9. The lowest BCUT2D eigenvalue weighted by Gasteiger charge is -2.23. The summed E-state index contributed by atoms with van der Waals surface area (Å²) in [5, 5.41) is 14.9. The van der Waals surface area contributed by atoms with Gasteiger partial charge < -0.3 is 14.6 Å². The fourth-order valence-corrected chi connectivity index (χ4v) is 3.98. The molecule has 0 N–H and O–H groups in total. The zero-order valence-corrected chi connectivity index (χ0v) is 16.7. The lowest BCUT2D eigenvalue weighted by molar-refractivity contribution is -0.131. The summed E-state index contributed by atoms with van der Waals surface area (Å²) in [5.74, 6) is -1.04. The van der Waals surface area contributed by atoms with E-state index in [9.17, 15) is 19.6 Å². The third kappa shape index (κ3) is 3.70. The number of likely N-dealkylation sites (tertiary alicyclic amines) is 1. The Morgan fingerprint density at radius 2 is 2.17 bits per heavy atom. The van der Waals surface area contributed by atoms with E-state index in [2.05, 4.69) is 11.2 Å². The van der Waals surface area contributed by atoms with E-state index >= 15 is 0 Å². The number of nitriles is 1. The second-order valence-electron chi connectivity index (χ2n) is 7.72. The summed E-state index contributed by atoms with van der Waals surface area (Å²) < 4.78 is 1.89. The first-order valence-electron chi connectivity index (χ1n) is 9.49. The smallest absolute Gasteiger partial charge is 0.254 e. The average Bonchev–Trinajstić information content (AvgIpc) is 3.32. The quantitative estimate of drug-likeness (QED) is 0.698. The van der Waals surface area contributed by atoms with Crippen LogP contribution in [0.5, 0.6) is 0 Å². The van der Waals surface area contributed by atoms with Crippen LogP contribution in [0.2, 0.25) is 5.02 Å². The van der Waals surface area contributed by atoms with Gasteiger partial charge in [0, 0.05) is 36.7 Å². The van der Waals surface area contributed by atoms with E-state index in [-0.39, 0.29) is 30.8 Å². The summed E-state index contributed by atoms with van der Waals surface area (Å²) in [6.07, 6.45) is 5.18. The van der Waals surface area contributed by atoms with Gasteiger partial charge in [-0.05, 0) is 31.4 Å². The predicted octanol–water partition coefficient (Wildman–Crippen LogP) is 2.04. The Bertz CT molecular complexity index is 1040.